The first-order valence-corrected chi connectivity index (χ1v) is 10.7. The van der Waals surface area contributed by atoms with Gasteiger partial charge < -0.3 is 15.2 Å². The fourth-order valence-electron chi connectivity index (χ4n) is 4.07. The minimum Gasteiger partial charge on any atom is -0.481 e. The number of aryl methyl sites for hydroxylation is 1. The first-order chi connectivity index (χ1) is 15.9. The van der Waals surface area contributed by atoms with Crippen molar-refractivity contribution < 1.29 is 24.2 Å². The van der Waals surface area contributed by atoms with E-state index in [-0.39, 0.29) is 31.4 Å². The van der Waals surface area contributed by atoms with E-state index in [0.717, 1.165) is 22.3 Å². The van der Waals surface area contributed by atoms with Gasteiger partial charge in [0, 0.05) is 23.7 Å². The Balaban J connectivity index is 1.38. The number of hydrogen-bond acceptors (Lipinski definition) is 4. The summed E-state index contributed by atoms with van der Waals surface area (Å²) in [5, 5.41) is 14.0. The highest BCUT2D eigenvalue weighted by Gasteiger charge is 2.29. The van der Waals surface area contributed by atoms with Crippen LogP contribution in [-0.2, 0) is 9.53 Å². The van der Waals surface area contributed by atoms with Crippen molar-refractivity contribution in [2.24, 2.45) is 0 Å². The molecule has 1 aliphatic carbocycles. The van der Waals surface area contributed by atoms with Gasteiger partial charge in [0.1, 0.15) is 6.61 Å². The maximum Gasteiger partial charge on any atom is 0.411 e. The van der Waals surface area contributed by atoms with Crippen molar-refractivity contribution >= 4 is 23.7 Å². The van der Waals surface area contributed by atoms with Crippen LogP contribution in [0, 0.1) is 6.92 Å². The molecule has 3 aromatic rings. The predicted octanol–water partition coefficient (Wildman–Crippen LogP) is 4.56. The van der Waals surface area contributed by atoms with Crippen molar-refractivity contribution in [3.05, 3.63) is 89.0 Å². The second-order valence-electron chi connectivity index (χ2n) is 7.88. The van der Waals surface area contributed by atoms with Crippen LogP contribution in [0.1, 0.15) is 39.4 Å². The van der Waals surface area contributed by atoms with E-state index in [9.17, 15) is 14.4 Å². The van der Waals surface area contributed by atoms with Gasteiger partial charge in [-0.05, 0) is 52.9 Å². The number of aliphatic carboxylic acids is 1. The fourth-order valence-corrected chi connectivity index (χ4v) is 4.07. The average Bonchev–Trinajstić information content (AvgIpc) is 3.12. The lowest BCUT2D eigenvalue weighted by Crippen LogP contribution is -2.26. The van der Waals surface area contributed by atoms with Gasteiger partial charge in [0.25, 0.3) is 5.91 Å². The fraction of sp³-hybridized carbons (Fsp3) is 0.192. The number of carbonyl (C=O) groups excluding carboxylic acids is 2. The van der Waals surface area contributed by atoms with Crippen LogP contribution in [-0.4, -0.2) is 36.2 Å². The molecule has 7 nitrogen and oxygen atoms in total. The number of hydrogen-bond donors (Lipinski definition) is 3. The molecule has 3 N–H and O–H groups in total. The minimum atomic E-state index is -0.978. The number of nitrogens with one attached hydrogen (secondary N) is 2. The van der Waals surface area contributed by atoms with Gasteiger partial charge in [-0.25, -0.2) is 4.79 Å². The topological polar surface area (TPSA) is 105 Å². The first-order valence-electron chi connectivity index (χ1n) is 10.7. The Kier molecular flexibility index (Phi) is 6.40. The Labute approximate surface area is 191 Å². The molecule has 33 heavy (non-hydrogen) atoms. The average molecular weight is 444 g/mol. The number of carboxylic acid groups (broad SMARTS) is 1. The molecule has 0 spiro atoms. The molecular weight excluding hydrogens is 420 g/mol. The molecule has 2 amide bonds. The lowest BCUT2D eigenvalue weighted by Gasteiger charge is -2.15. The zero-order chi connectivity index (χ0) is 23.4. The Morgan fingerprint density at radius 1 is 0.939 bits per heavy atom. The molecule has 7 heteroatoms. The van der Waals surface area contributed by atoms with E-state index in [1.54, 1.807) is 25.1 Å². The summed E-state index contributed by atoms with van der Waals surface area (Å²) in [5.74, 6) is -1.37. The van der Waals surface area contributed by atoms with Crippen LogP contribution < -0.4 is 10.6 Å². The molecule has 0 saturated carbocycles. The van der Waals surface area contributed by atoms with Crippen LogP contribution in [0.4, 0.5) is 10.5 Å². The van der Waals surface area contributed by atoms with Crippen molar-refractivity contribution in [1.29, 1.82) is 0 Å². The number of amides is 2. The number of ether oxygens (including phenoxy) is 1. The van der Waals surface area contributed by atoms with E-state index >= 15 is 0 Å². The first kappa shape index (κ1) is 22.1. The number of rotatable bonds is 7. The highest BCUT2D eigenvalue weighted by atomic mass is 16.5. The Morgan fingerprint density at radius 3 is 2.18 bits per heavy atom. The third-order valence-corrected chi connectivity index (χ3v) is 5.69. The lowest BCUT2D eigenvalue weighted by molar-refractivity contribution is -0.136. The molecule has 0 heterocycles. The molecule has 0 atom stereocenters. The molecular formula is C26H24N2O5. The van der Waals surface area contributed by atoms with Crippen molar-refractivity contribution in [3.8, 4) is 11.1 Å². The highest BCUT2D eigenvalue weighted by molar-refractivity contribution is 5.96. The van der Waals surface area contributed by atoms with Crippen molar-refractivity contribution in [2.45, 2.75) is 19.3 Å². The predicted molar refractivity (Wildman–Crippen MR) is 124 cm³/mol. The van der Waals surface area contributed by atoms with E-state index in [2.05, 4.69) is 34.9 Å². The third-order valence-electron chi connectivity index (χ3n) is 5.69. The molecule has 3 aromatic carbocycles. The summed E-state index contributed by atoms with van der Waals surface area (Å²) in [6.45, 7) is 2.03. The van der Waals surface area contributed by atoms with Gasteiger partial charge in [-0.1, -0.05) is 48.5 Å². The van der Waals surface area contributed by atoms with E-state index in [0.29, 0.717) is 16.8 Å². The van der Waals surface area contributed by atoms with Crippen LogP contribution in [0.2, 0.25) is 0 Å². The monoisotopic (exact) mass is 444 g/mol. The van der Waals surface area contributed by atoms with E-state index in [1.807, 2.05) is 24.3 Å². The second kappa shape index (κ2) is 9.56. The molecule has 0 saturated heterocycles. The van der Waals surface area contributed by atoms with Crippen molar-refractivity contribution in [2.75, 3.05) is 18.5 Å². The molecule has 0 radical (unpaired) electrons. The molecule has 0 aliphatic heterocycles. The number of anilines is 1. The molecule has 1 aliphatic rings. The maximum absolute atomic E-state index is 12.5. The standard InChI is InChI=1S/C26H24N2O5/c1-16-14-17(25(31)27-13-12-24(29)30)10-11-23(16)28-26(32)33-15-22-20-8-4-2-6-18(20)19-7-3-5-9-21(19)22/h2-11,14,22H,12-13,15H2,1H3,(H,27,31)(H,28,32)(H,29,30). The van der Waals surface area contributed by atoms with E-state index < -0.39 is 12.1 Å². The number of benzene rings is 3. The molecule has 168 valence electrons. The highest BCUT2D eigenvalue weighted by Crippen LogP contribution is 2.44. The van der Waals surface area contributed by atoms with Gasteiger partial charge in [-0.3, -0.25) is 14.9 Å². The molecule has 0 fully saturated rings. The smallest absolute Gasteiger partial charge is 0.411 e. The van der Waals surface area contributed by atoms with Gasteiger partial charge in [0.05, 0.1) is 6.42 Å². The van der Waals surface area contributed by atoms with Crippen LogP contribution in [0.3, 0.4) is 0 Å². The number of carbonyl (C=O) groups is 3. The molecule has 0 bridgehead atoms. The Hall–Kier alpha value is -4.13. The second-order valence-corrected chi connectivity index (χ2v) is 7.88. The lowest BCUT2D eigenvalue weighted by atomic mass is 9.98. The summed E-state index contributed by atoms with van der Waals surface area (Å²) < 4.78 is 5.57. The van der Waals surface area contributed by atoms with Crippen molar-refractivity contribution in [3.63, 3.8) is 0 Å². The summed E-state index contributed by atoms with van der Waals surface area (Å²) in [4.78, 5) is 35.2. The molecule has 0 aromatic heterocycles. The van der Waals surface area contributed by atoms with Crippen LogP contribution in [0.5, 0.6) is 0 Å². The molecule has 0 unspecified atom stereocenters. The number of carboxylic acids is 1. The summed E-state index contributed by atoms with van der Waals surface area (Å²) in [5.41, 5.74) is 6.21. The maximum atomic E-state index is 12.5. The van der Waals surface area contributed by atoms with E-state index in [4.69, 9.17) is 9.84 Å². The Bertz CT molecular complexity index is 1180. The zero-order valence-corrected chi connectivity index (χ0v) is 18.1. The Morgan fingerprint density at radius 2 is 1.58 bits per heavy atom. The van der Waals surface area contributed by atoms with Crippen molar-refractivity contribution in [1.82, 2.24) is 5.32 Å². The quantitative estimate of drug-likeness (QED) is 0.496. The summed E-state index contributed by atoms with van der Waals surface area (Å²) >= 11 is 0. The summed E-state index contributed by atoms with van der Waals surface area (Å²) in [6.07, 6.45) is -0.717. The van der Waals surface area contributed by atoms with Crippen LogP contribution in [0.25, 0.3) is 11.1 Å². The van der Waals surface area contributed by atoms with E-state index in [1.165, 1.54) is 0 Å². The normalized spacial score (nSPS) is 11.9. The van der Waals surface area contributed by atoms with Crippen LogP contribution in [0.15, 0.2) is 66.7 Å². The zero-order valence-electron chi connectivity index (χ0n) is 18.1. The van der Waals surface area contributed by atoms with Gasteiger partial charge in [0.15, 0.2) is 0 Å². The summed E-state index contributed by atoms with van der Waals surface area (Å²) in [7, 11) is 0. The largest absolute Gasteiger partial charge is 0.481 e. The van der Waals surface area contributed by atoms with Crippen LogP contribution >= 0.6 is 0 Å². The van der Waals surface area contributed by atoms with Gasteiger partial charge in [0.2, 0.25) is 0 Å². The van der Waals surface area contributed by atoms with Gasteiger partial charge in [-0.2, -0.15) is 0 Å². The third kappa shape index (κ3) is 4.87. The van der Waals surface area contributed by atoms with Gasteiger partial charge >= 0.3 is 12.1 Å². The minimum absolute atomic E-state index is 0.0267. The molecule has 4 rings (SSSR count). The van der Waals surface area contributed by atoms with Gasteiger partial charge in [-0.15, -0.1) is 0 Å². The summed E-state index contributed by atoms with van der Waals surface area (Å²) in [6, 6.07) is 21.1. The SMILES string of the molecule is Cc1cc(C(=O)NCCC(=O)O)ccc1NC(=O)OCC1c2ccccc2-c2ccccc21. The number of fused-ring (bicyclic) bond motifs is 3.